The molecule has 0 aliphatic heterocycles. The molecule has 0 fully saturated rings. The summed E-state index contributed by atoms with van der Waals surface area (Å²) in [4.78, 5) is 9.06. The van der Waals surface area contributed by atoms with E-state index in [1.807, 2.05) is 19.2 Å². The third-order valence-corrected chi connectivity index (χ3v) is 3.28. The zero-order chi connectivity index (χ0) is 15.1. The summed E-state index contributed by atoms with van der Waals surface area (Å²) in [7, 11) is 1.88. The Morgan fingerprint density at radius 3 is 2.48 bits per heavy atom. The monoisotopic (exact) mass is 284 g/mol. The van der Waals surface area contributed by atoms with E-state index in [4.69, 9.17) is 0 Å². The average molecular weight is 284 g/mol. The highest BCUT2D eigenvalue weighted by Gasteiger charge is 2.07. The van der Waals surface area contributed by atoms with Crippen LogP contribution in [0.1, 0.15) is 31.7 Å². The molecule has 0 aliphatic carbocycles. The molecule has 1 atom stereocenters. The Labute approximate surface area is 127 Å². The summed E-state index contributed by atoms with van der Waals surface area (Å²) in [5.74, 6) is 2.64. The van der Waals surface area contributed by atoms with Gasteiger partial charge in [0.1, 0.15) is 17.5 Å². The summed E-state index contributed by atoms with van der Waals surface area (Å²) in [6.07, 6.45) is 2.92. The molecule has 4 heteroatoms. The molecule has 0 saturated heterocycles. The zero-order valence-electron chi connectivity index (χ0n) is 13.1. The van der Waals surface area contributed by atoms with Gasteiger partial charge in [-0.15, -0.1) is 0 Å². The molecule has 112 valence electrons. The number of nitrogens with zero attached hydrogens (tertiary/aromatic N) is 2. The SMILES string of the molecule is CCCc1nc(NC)cc(NC(C)Cc2ccccc2)n1. The summed E-state index contributed by atoms with van der Waals surface area (Å²) in [5, 5.41) is 6.57. The van der Waals surface area contributed by atoms with Crippen LogP contribution in [0, 0.1) is 0 Å². The van der Waals surface area contributed by atoms with E-state index >= 15 is 0 Å². The molecule has 2 N–H and O–H groups in total. The average Bonchev–Trinajstić information content (AvgIpc) is 2.48. The second kappa shape index (κ2) is 7.62. The van der Waals surface area contributed by atoms with Crippen LogP contribution in [0.15, 0.2) is 36.4 Å². The molecule has 0 amide bonds. The third kappa shape index (κ3) is 4.74. The number of rotatable bonds is 7. The van der Waals surface area contributed by atoms with Crippen LogP contribution < -0.4 is 10.6 Å². The van der Waals surface area contributed by atoms with Gasteiger partial charge in [0, 0.05) is 25.6 Å². The highest BCUT2D eigenvalue weighted by molar-refractivity contribution is 5.47. The molecule has 2 rings (SSSR count). The van der Waals surface area contributed by atoms with Crippen molar-refractivity contribution in [3.05, 3.63) is 47.8 Å². The molecule has 0 spiro atoms. The van der Waals surface area contributed by atoms with Crippen molar-refractivity contribution >= 4 is 11.6 Å². The maximum absolute atomic E-state index is 4.59. The first kappa shape index (κ1) is 15.3. The zero-order valence-corrected chi connectivity index (χ0v) is 13.1. The van der Waals surface area contributed by atoms with Crippen LogP contribution in [0.4, 0.5) is 11.6 Å². The number of anilines is 2. The quantitative estimate of drug-likeness (QED) is 0.817. The molecule has 1 unspecified atom stereocenters. The number of hydrogen-bond acceptors (Lipinski definition) is 4. The molecule has 1 heterocycles. The van der Waals surface area contributed by atoms with Crippen molar-refractivity contribution in [2.75, 3.05) is 17.7 Å². The van der Waals surface area contributed by atoms with Gasteiger partial charge in [-0.1, -0.05) is 37.3 Å². The molecule has 0 aliphatic rings. The van der Waals surface area contributed by atoms with E-state index in [1.165, 1.54) is 5.56 Å². The molecule has 0 radical (unpaired) electrons. The van der Waals surface area contributed by atoms with Crippen molar-refractivity contribution in [3.8, 4) is 0 Å². The van der Waals surface area contributed by atoms with Crippen molar-refractivity contribution in [2.45, 2.75) is 39.2 Å². The molecule has 2 aromatic rings. The predicted molar refractivity (Wildman–Crippen MR) is 88.8 cm³/mol. The lowest BCUT2D eigenvalue weighted by molar-refractivity contribution is 0.774. The smallest absolute Gasteiger partial charge is 0.133 e. The number of hydrogen-bond donors (Lipinski definition) is 2. The van der Waals surface area contributed by atoms with Crippen molar-refractivity contribution in [2.24, 2.45) is 0 Å². The van der Waals surface area contributed by atoms with Gasteiger partial charge in [0.2, 0.25) is 0 Å². The minimum absolute atomic E-state index is 0.321. The van der Waals surface area contributed by atoms with Gasteiger partial charge < -0.3 is 10.6 Å². The maximum Gasteiger partial charge on any atom is 0.133 e. The van der Waals surface area contributed by atoms with Gasteiger partial charge in [-0.25, -0.2) is 9.97 Å². The van der Waals surface area contributed by atoms with E-state index in [0.29, 0.717) is 6.04 Å². The molecule has 0 bridgehead atoms. The highest BCUT2D eigenvalue weighted by atomic mass is 15.1. The van der Waals surface area contributed by atoms with Crippen LogP contribution in [0.3, 0.4) is 0 Å². The van der Waals surface area contributed by atoms with Crippen LogP contribution in [0.2, 0.25) is 0 Å². The number of nitrogens with one attached hydrogen (secondary N) is 2. The lowest BCUT2D eigenvalue weighted by Crippen LogP contribution is -2.19. The van der Waals surface area contributed by atoms with E-state index in [2.05, 4.69) is 58.7 Å². The van der Waals surface area contributed by atoms with Crippen molar-refractivity contribution in [1.82, 2.24) is 9.97 Å². The Bertz CT molecular complexity index is 554. The summed E-state index contributed by atoms with van der Waals surface area (Å²) >= 11 is 0. The first-order valence-electron chi connectivity index (χ1n) is 7.57. The Hall–Kier alpha value is -2.10. The Morgan fingerprint density at radius 2 is 1.81 bits per heavy atom. The van der Waals surface area contributed by atoms with Gasteiger partial charge in [-0.3, -0.25) is 0 Å². The van der Waals surface area contributed by atoms with Crippen molar-refractivity contribution in [1.29, 1.82) is 0 Å². The fraction of sp³-hybridized carbons (Fsp3) is 0.412. The van der Waals surface area contributed by atoms with E-state index in [-0.39, 0.29) is 0 Å². The van der Waals surface area contributed by atoms with Crippen LogP contribution in [-0.4, -0.2) is 23.1 Å². The molecule has 21 heavy (non-hydrogen) atoms. The summed E-state index contributed by atoms with van der Waals surface area (Å²) in [6.45, 7) is 4.31. The number of aryl methyl sites for hydroxylation is 1. The second-order valence-corrected chi connectivity index (χ2v) is 5.29. The minimum atomic E-state index is 0.321. The summed E-state index contributed by atoms with van der Waals surface area (Å²) in [6, 6.07) is 12.8. The highest BCUT2D eigenvalue weighted by Crippen LogP contribution is 2.14. The van der Waals surface area contributed by atoms with Gasteiger partial charge in [0.25, 0.3) is 0 Å². The fourth-order valence-corrected chi connectivity index (χ4v) is 2.31. The summed E-state index contributed by atoms with van der Waals surface area (Å²) in [5.41, 5.74) is 1.33. The molecular weight excluding hydrogens is 260 g/mol. The largest absolute Gasteiger partial charge is 0.373 e. The maximum atomic E-state index is 4.59. The first-order chi connectivity index (χ1) is 10.2. The van der Waals surface area contributed by atoms with Crippen LogP contribution in [0.5, 0.6) is 0 Å². The molecule has 4 nitrogen and oxygen atoms in total. The lowest BCUT2D eigenvalue weighted by Gasteiger charge is -2.16. The van der Waals surface area contributed by atoms with Crippen molar-refractivity contribution in [3.63, 3.8) is 0 Å². The second-order valence-electron chi connectivity index (χ2n) is 5.29. The van der Waals surface area contributed by atoms with E-state index in [0.717, 1.165) is 36.7 Å². The topological polar surface area (TPSA) is 49.8 Å². The standard InChI is InChI=1S/C17H24N4/c1-4-8-15-20-16(18-3)12-17(21-15)19-13(2)11-14-9-6-5-7-10-14/h5-7,9-10,12-13H,4,8,11H2,1-3H3,(H2,18,19,20,21). The van der Waals surface area contributed by atoms with Gasteiger partial charge in [0.15, 0.2) is 0 Å². The van der Waals surface area contributed by atoms with E-state index in [1.54, 1.807) is 0 Å². The number of benzene rings is 1. The fourth-order valence-electron chi connectivity index (χ4n) is 2.31. The normalized spacial score (nSPS) is 12.0. The molecule has 1 aromatic carbocycles. The Kier molecular flexibility index (Phi) is 5.55. The third-order valence-electron chi connectivity index (χ3n) is 3.28. The molecular formula is C17H24N4. The van der Waals surface area contributed by atoms with Gasteiger partial charge in [0.05, 0.1) is 0 Å². The Morgan fingerprint density at radius 1 is 1.10 bits per heavy atom. The van der Waals surface area contributed by atoms with Gasteiger partial charge >= 0.3 is 0 Å². The van der Waals surface area contributed by atoms with Gasteiger partial charge in [-0.2, -0.15) is 0 Å². The van der Waals surface area contributed by atoms with Crippen LogP contribution in [0.25, 0.3) is 0 Å². The van der Waals surface area contributed by atoms with Crippen LogP contribution >= 0.6 is 0 Å². The first-order valence-corrected chi connectivity index (χ1v) is 7.57. The molecule has 0 saturated carbocycles. The van der Waals surface area contributed by atoms with E-state index < -0.39 is 0 Å². The Balaban J connectivity index is 2.05. The minimum Gasteiger partial charge on any atom is -0.373 e. The van der Waals surface area contributed by atoms with Gasteiger partial charge in [-0.05, 0) is 25.3 Å². The number of aromatic nitrogens is 2. The van der Waals surface area contributed by atoms with Crippen LogP contribution in [-0.2, 0) is 12.8 Å². The molecule has 1 aromatic heterocycles. The lowest BCUT2D eigenvalue weighted by atomic mass is 10.1. The van der Waals surface area contributed by atoms with E-state index in [9.17, 15) is 0 Å². The predicted octanol–water partition coefficient (Wildman–Crippen LogP) is 3.51. The summed E-state index contributed by atoms with van der Waals surface area (Å²) < 4.78 is 0. The van der Waals surface area contributed by atoms with Crippen molar-refractivity contribution < 1.29 is 0 Å².